The number of phenols is 2. The van der Waals surface area contributed by atoms with Gasteiger partial charge in [0.25, 0.3) is 0 Å². The molecule has 0 heterocycles. The standard InChI is InChI=1S/C30H30O2/c1-21(23-11-5-3-6-12-23)19-25-15-9-17-27(29(25)31)28-18-10-16-26(30(28)32)20-22(2)24-13-7-4-8-14-24/h3-18,21-22,31-32H,19-20H2,1-2H3. The normalized spacial score (nSPS) is 12.9. The van der Waals surface area contributed by atoms with Crippen molar-refractivity contribution in [1.29, 1.82) is 0 Å². The molecule has 32 heavy (non-hydrogen) atoms. The highest BCUT2D eigenvalue weighted by Crippen LogP contribution is 2.41. The predicted octanol–water partition coefficient (Wildman–Crippen LogP) is 7.46. The van der Waals surface area contributed by atoms with Crippen molar-refractivity contribution >= 4 is 0 Å². The molecule has 162 valence electrons. The first-order valence-electron chi connectivity index (χ1n) is 11.3. The van der Waals surface area contributed by atoms with Crippen LogP contribution in [0.3, 0.4) is 0 Å². The van der Waals surface area contributed by atoms with Crippen LogP contribution in [0.4, 0.5) is 0 Å². The number of aromatic hydroxyl groups is 2. The molecule has 2 N–H and O–H groups in total. The second kappa shape index (κ2) is 9.74. The molecule has 2 nitrogen and oxygen atoms in total. The Morgan fingerprint density at radius 3 is 1.25 bits per heavy atom. The highest BCUT2D eigenvalue weighted by Gasteiger charge is 2.18. The molecule has 0 aliphatic carbocycles. The van der Waals surface area contributed by atoms with Crippen LogP contribution in [0.25, 0.3) is 11.1 Å². The van der Waals surface area contributed by atoms with Crippen LogP contribution < -0.4 is 0 Å². The van der Waals surface area contributed by atoms with Gasteiger partial charge in [0.05, 0.1) is 0 Å². The first-order chi connectivity index (χ1) is 15.5. The summed E-state index contributed by atoms with van der Waals surface area (Å²) in [4.78, 5) is 0. The summed E-state index contributed by atoms with van der Waals surface area (Å²) < 4.78 is 0. The smallest absolute Gasteiger partial charge is 0.126 e. The maximum atomic E-state index is 11.1. The zero-order chi connectivity index (χ0) is 22.5. The minimum absolute atomic E-state index is 0.249. The molecule has 2 atom stereocenters. The van der Waals surface area contributed by atoms with E-state index in [4.69, 9.17) is 0 Å². The number of rotatable bonds is 7. The highest BCUT2D eigenvalue weighted by molar-refractivity contribution is 5.77. The Kier molecular flexibility index (Phi) is 6.61. The summed E-state index contributed by atoms with van der Waals surface area (Å²) >= 11 is 0. The molecule has 2 heteroatoms. The molecule has 0 radical (unpaired) electrons. The van der Waals surface area contributed by atoms with Gasteiger partial charge in [0.15, 0.2) is 0 Å². The van der Waals surface area contributed by atoms with Crippen molar-refractivity contribution in [2.24, 2.45) is 0 Å². The number of hydrogen-bond acceptors (Lipinski definition) is 2. The molecular formula is C30H30O2. The molecule has 4 aromatic carbocycles. The minimum atomic E-state index is 0.249. The summed E-state index contributed by atoms with van der Waals surface area (Å²) in [7, 11) is 0. The lowest BCUT2D eigenvalue weighted by molar-refractivity contribution is 0.459. The van der Waals surface area contributed by atoms with Gasteiger partial charge in [-0.3, -0.25) is 0 Å². The van der Waals surface area contributed by atoms with E-state index >= 15 is 0 Å². The summed E-state index contributed by atoms with van der Waals surface area (Å²) in [5.74, 6) is 1.06. The highest BCUT2D eigenvalue weighted by atomic mass is 16.3. The van der Waals surface area contributed by atoms with Gasteiger partial charge in [-0.15, -0.1) is 0 Å². The second-order valence-electron chi connectivity index (χ2n) is 8.66. The SMILES string of the molecule is CC(Cc1cccc(-c2cccc(CC(C)c3ccccc3)c2O)c1O)c1ccccc1. The van der Waals surface area contributed by atoms with Gasteiger partial charge in [0.2, 0.25) is 0 Å². The quantitative estimate of drug-likeness (QED) is 0.324. The molecule has 0 saturated carbocycles. The lowest BCUT2D eigenvalue weighted by Gasteiger charge is -2.17. The summed E-state index contributed by atoms with van der Waals surface area (Å²) in [6, 6.07) is 32.3. The largest absolute Gasteiger partial charge is 0.507 e. The Hall–Kier alpha value is -3.52. The molecule has 4 aromatic rings. The summed E-state index contributed by atoms with van der Waals surface area (Å²) in [5.41, 5.74) is 5.63. The topological polar surface area (TPSA) is 40.5 Å². The molecule has 0 bridgehead atoms. The van der Waals surface area contributed by atoms with Crippen molar-refractivity contribution < 1.29 is 10.2 Å². The number of para-hydroxylation sites is 2. The third kappa shape index (κ3) is 4.70. The van der Waals surface area contributed by atoms with Crippen LogP contribution in [0.2, 0.25) is 0 Å². The molecule has 2 unspecified atom stereocenters. The Morgan fingerprint density at radius 1 is 0.500 bits per heavy atom. The third-order valence-electron chi connectivity index (χ3n) is 6.32. The fourth-order valence-electron chi connectivity index (χ4n) is 4.41. The van der Waals surface area contributed by atoms with Crippen LogP contribution in [0.5, 0.6) is 11.5 Å². The Balaban J connectivity index is 1.61. The van der Waals surface area contributed by atoms with Crippen molar-refractivity contribution in [2.75, 3.05) is 0 Å². The molecule has 4 rings (SSSR count). The van der Waals surface area contributed by atoms with E-state index in [9.17, 15) is 10.2 Å². The monoisotopic (exact) mass is 422 g/mol. The van der Waals surface area contributed by atoms with Crippen LogP contribution >= 0.6 is 0 Å². The molecule has 0 amide bonds. The fourth-order valence-corrected chi connectivity index (χ4v) is 4.41. The van der Waals surface area contributed by atoms with Gasteiger partial charge in [-0.2, -0.15) is 0 Å². The Bertz CT molecular complexity index is 1070. The first-order valence-corrected chi connectivity index (χ1v) is 11.3. The second-order valence-corrected chi connectivity index (χ2v) is 8.66. The van der Waals surface area contributed by atoms with Gasteiger partial charge in [0.1, 0.15) is 11.5 Å². The molecular weight excluding hydrogens is 392 g/mol. The van der Waals surface area contributed by atoms with E-state index < -0.39 is 0 Å². The lowest BCUT2D eigenvalue weighted by Crippen LogP contribution is -2.00. The predicted molar refractivity (Wildman–Crippen MR) is 132 cm³/mol. The van der Waals surface area contributed by atoms with E-state index in [-0.39, 0.29) is 23.3 Å². The van der Waals surface area contributed by atoms with Crippen LogP contribution in [0.1, 0.15) is 47.9 Å². The Morgan fingerprint density at radius 2 is 0.875 bits per heavy atom. The number of benzene rings is 4. The van der Waals surface area contributed by atoms with Gasteiger partial charge in [0, 0.05) is 11.1 Å². The van der Waals surface area contributed by atoms with Gasteiger partial charge in [-0.25, -0.2) is 0 Å². The van der Waals surface area contributed by atoms with Gasteiger partial charge in [-0.1, -0.05) is 111 Å². The number of hydrogen-bond donors (Lipinski definition) is 2. The van der Waals surface area contributed by atoms with Gasteiger partial charge in [-0.05, 0) is 46.9 Å². The van der Waals surface area contributed by atoms with E-state index in [1.54, 1.807) is 0 Å². The third-order valence-corrected chi connectivity index (χ3v) is 6.32. The average Bonchev–Trinajstić information content (AvgIpc) is 2.83. The van der Waals surface area contributed by atoms with Gasteiger partial charge < -0.3 is 10.2 Å². The zero-order valence-electron chi connectivity index (χ0n) is 18.7. The first kappa shape index (κ1) is 21.7. The van der Waals surface area contributed by atoms with Crippen molar-refractivity contribution in [2.45, 2.75) is 38.5 Å². The summed E-state index contributed by atoms with van der Waals surface area (Å²) in [6.45, 7) is 4.34. The van der Waals surface area contributed by atoms with E-state index in [2.05, 4.69) is 38.1 Å². The fraction of sp³-hybridized carbons (Fsp3) is 0.200. The molecule has 0 aromatic heterocycles. The van der Waals surface area contributed by atoms with Crippen molar-refractivity contribution in [3.8, 4) is 22.6 Å². The molecule has 0 aliphatic rings. The van der Waals surface area contributed by atoms with E-state index in [0.717, 1.165) is 24.0 Å². The maximum Gasteiger partial charge on any atom is 0.126 e. The zero-order valence-corrected chi connectivity index (χ0v) is 18.7. The van der Waals surface area contributed by atoms with Crippen molar-refractivity contribution in [1.82, 2.24) is 0 Å². The molecule has 0 spiro atoms. The average molecular weight is 423 g/mol. The Labute approximate surface area is 190 Å². The van der Waals surface area contributed by atoms with E-state index in [1.165, 1.54) is 11.1 Å². The van der Waals surface area contributed by atoms with Crippen LogP contribution in [0, 0.1) is 0 Å². The molecule has 0 aliphatic heterocycles. The van der Waals surface area contributed by atoms with Crippen LogP contribution in [-0.4, -0.2) is 10.2 Å². The lowest BCUT2D eigenvalue weighted by atomic mass is 9.89. The van der Waals surface area contributed by atoms with Crippen molar-refractivity contribution in [3.05, 3.63) is 119 Å². The number of phenolic OH excluding ortho intramolecular Hbond substituents is 2. The van der Waals surface area contributed by atoms with Crippen LogP contribution in [0.15, 0.2) is 97.1 Å². The molecule has 0 fully saturated rings. The molecule has 0 saturated heterocycles. The summed E-state index contributed by atoms with van der Waals surface area (Å²) in [6.07, 6.45) is 1.46. The summed E-state index contributed by atoms with van der Waals surface area (Å²) in [5, 5.41) is 22.2. The van der Waals surface area contributed by atoms with E-state index in [1.807, 2.05) is 72.8 Å². The van der Waals surface area contributed by atoms with E-state index in [0.29, 0.717) is 11.1 Å². The van der Waals surface area contributed by atoms with Crippen molar-refractivity contribution in [3.63, 3.8) is 0 Å². The minimum Gasteiger partial charge on any atom is -0.507 e. The van der Waals surface area contributed by atoms with Crippen LogP contribution in [-0.2, 0) is 12.8 Å². The maximum absolute atomic E-state index is 11.1. The van der Waals surface area contributed by atoms with Gasteiger partial charge >= 0.3 is 0 Å².